The zero-order valence-corrected chi connectivity index (χ0v) is 43.4. The smallest absolute Gasteiger partial charge is 0.306 e. The maximum absolute atomic E-state index is 13.0. The Balaban J connectivity index is 1.74. The van der Waals surface area contributed by atoms with Gasteiger partial charge in [0.2, 0.25) is 0 Å². The summed E-state index contributed by atoms with van der Waals surface area (Å²) in [4.78, 5) is 13.0. The Labute approximate surface area is 427 Å². The molecule has 11 unspecified atom stereocenters. The molecule has 2 rings (SSSR count). The summed E-state index contributed by atoms with van der Waals surface area (Å²) in [5, 5.41) is 72.2. The molecule has 0 bridgehead atoms. The van der Waals surface area contributed by atoms with Crippen molar-refractivity contribution in [2.45, 2.75) is 235 Å². The number of rotatable bonds is 42. The van der Waals surface area contributed by atoms with Crippen molar-refractivity contribution < 1.29 is 69.0 Å². The quantitative estimate of drug-likeness (QED) is 0.0173. The Morgan fingerprint density at radius 1 is 0.465 bits per heavy atom. The minimum atomic E-state index is -1.72. The van der Waals surface area contributed by atoms with Crippen LogP contribution in [-0.2, 0) is 33.2 Å². The predicted molar refractivity (Wildman–Crippen MR) is 279 cm³/mol. The first-order valence-electron chi connectivity index (χ1n) is 27.2. The molecule has 2 heterocycles. The second-order valence-corrected chi connectivity index (χ2v) is 18.6. The fraction of sp³-hybridized carbons (Fsp3) is 0.737. The molecule has 2 aliphatic rings. The van der Waals surface area contributed by atoms with Gasteiger partial charge in [-0.2, -0.15) is 0 Å². The molecule has 0 amide bonds. The van der Waals surface area contributed by atoms with Crippen LogP contribution in [0.2, 0.25) is 0 Å². The topological polar surface area (TPSA) is 214 Å². The Hall–Kier alpha value is -2.83. The lowest BCUT2D eigenvalue weighted by Gasteiger charge is -2.42. The van der Waals surface area contributed by atoms with Crippen LogP contribution in [0.1, 0.15) is 168 Å². The van der Waals surface area contributed by atoms with Crippen LogP contribution >= 0.6 is 0 Å². The number of hydrogen-bond acceptors (Lipinski definition) is 14. The zero-order valence-electron chi connectivity index (χ0n) is 43.4. The third kappa shape index (κ3) is 30.8. The molecule has 11 atom stereocenters. The number of carbonyl (C=O) groups is 1. The average molecular weight is 1010 g/mol. The van der Waals surface area contributed by atoms with E-state index in [1.54, 1.807) is 0 Å². The summed E-state index contributed by atoms with van der Waals surface area (Å²) < 4.78 is 34.3. The lowest BCUT2D eigenvalue weighted by atomic mass is 9.98. The molecule has 0 aromatic heterocycles. The van der Waals surface area contributed by atoms with Gasteiger partial charge in [0, 0.05) is 13.0 Å². The van der Waals surface area contributed by atoms with Gasteiger partial charge in [-0.1, -0.05) is 163 Å². The van der Waals surface area contributed by atoms with Gasteiger partial charge in [-0.3, -0.25) is 4.79 Å². The van der Waals surface area contributed by atoms with E-state index in [-0.39, 0.29) is 19.6 Å². The fourth-order valence-electron chi connectivity index (χ4n) is 8.05. The number of esters is 1. The van der Waals surface area contributed by atoms with Crippen molar-refractivity contribution in [1.82, 2.24) is 0 Å². The summed E-state index contributed by atoms with van der Waals surface area (Å²) in [6.07, 6.45) is 39.3. The predicted octanol–water partition coefficient (Wildman–Crippen LogP) is 8.85. The normalized spacial score (nSPS) is 26.0. The maximum atomic E-state index is 13.0. The molecule has 0 saturated carbocycles. The third-order valence-electron chi connectivity index (χ3n) is 12.4. The summed E-state index contributed by atoms with van der Waals surface area (Å²) in [6.45, 7) is 3.41. The molecule has 2 aliphatic heterocycles. The molecule has 0 radical (unpaired) electrons. The van der Waals surface area contributed by atoms with Crippen LogP contribution < -0.4 is 0 Å². The monoisotopic (exact) mass is 1000 g/mol. The molecule has 0 aromatic rings. The van der Waals surface area contributed by atoms with Crippen molar-refractivity contribution in [2.75, 3.05) is 33.0 Å². The maximum Gasteiger partial charge on any atom is 0.306 e. The number of hydrogen-bond donors (Lipinski definition) is 7. The Kier molecular flexibility index (Phi) is 39.4. The first-order valence-corrected chi connectivity index (χ1v) is 27.2. The molecule has 2 saturated heterocycles. The molecule has 71 heavy (non-hydrogen) atoms. The second kappa shape index (κ2) is 43.6. The van der Waals surface area contributed by atoms with E-state index in [1.807, 2.05) is 0 Å². The number of ether oxygens (including phenoxy) is 6. The number of allylic oxidation sites excluding steroid dienone is 14. The van der Waals surface area contributed by atoms with Gasteiger partial charge in [0.25, 0.3) is 0 Å². The highest BCUT2D eigenvalue weighted by Crippen LogP contribution is 2.26. The van der Waals surface area contributed by atoms with Crippen molar-refractivity contribution in [2.24, 2.45) is 0 Å². The zero-order chi connectivity index (χ0) is 51.6. The fourth-order valence-corrected chi connectivity index (χ4v) is 8.05. The van der Waals surface area contributed by atoms with Gasteiger partial charge < -0.3 is 64.2 Å². The Bertz CT molecular complexity index is 1490. The van der Waals surface area contributed by atoms with E-state index < -0.39 is 86.7 Å². The lowest BCUT2D eigenvalue weighted by Crippen LogP contribution is -2.61. The standard InChI is InChI=1S/C57H96O14/c1-3-5-7-9-11-13-15-17-19-20-21-22-23-24-25-27-29-31-33-35-37-39-41-66-43-46(69-49(59)40-38-36-34-32-30-28-26-18-16-14-12-10-8-6-4-2)44-67-56-55(65)53(63)51(61)48(71-56)45-68-57-54(64)52(62)50(60)47(42-58)70-57/h5-8,11-14,17-19,21-22,26,46-48,50-58,60-65H,3-4,9-10,15-16,20,23-25,27-45H2,1-2H3/b7-5-,8-6-,13-11-,14-12-,19-17-,22-21-,26-18-. The largest absolute Gasteiger partial charge is 0.457 e. The highest BCUT2D eigenvalue weighted by Gasteiger charge is 2.47. The second-order valence-electron chi connectivity index (χ2n) is 18.6. The van der Waals surface area contributed by atoms with Gasteiger partial charge in [0.05, 0.1) is 26.4 Å². The van der Waals surface area contributed by atoms with E-state index in [1.165, 1.54) is 38.5 Å². The van der Waals surface area contributed by atoms with Crippen LogP contribution in [0.5, 0.6) is 0 Å². The van der Waals surface area contributed by atoms with Gasteiger partial charge in [-0.25, -0.2) is 0 Å². The van der Waals surface area contributed by atoms with E-state index in [2.05, 4.69) is 98.9 Å². The molecule has 14 heteroatoms. The van der Waals surface area contributed by atoms with Crippen molar-refractivity contribution in [1.29, 1.82) is 0 Å². The highest BCUT2D eigenvalue weighted by molar-refractivity contribution is 5.69. The molecule has 7 N–H and O–H groups in total. The minimum absolute atomic E-state index is 0.0451. The molecule has 0 spiro atoms. The van der Waals surface area contributed by atoms with Crippen molar-refractivity contribution in [3.05, 3.63) is 85.1 Å². The van der Waals surface area contributed by atoms with Crippen molar-refractivity contribution in [3.63, 3.8) is 0 Å². The number of aliphatic hydroxyl groups is 7. The van der Waals surface area contributed by atoms with Gasteiger partial charge in [-0.15, -0.1) is 0 Å². The third-order valence-corrected chi connectivity index (χ3v) is 12.4. The van der Waals surface area contributed by atoms with Gasteiger partial charge in [0.1, 0.15) is 54.9 Å². The molecular weight excluding hydrogens is 909 g/mol. The minimum Gasteiger partial charge on any atom is -0.457 e. The van der Waals surface area contributed by atoms with Gasteiger partial charge in [0.15, 0.2) is 12.6 Å². The first kappa shape index (κ1) is 64.3. The van der Waals surface area contributed by atoms with Crippen LogP contribution in [0.4, 0.5) is 0 Å². The summed E-state index contributed by atoms with van der Waals surface area (Å²) in [5.41, 5.74) is 0. The first-order chi connectivity index (χ1) is 34.6. The summed E-state index contributed by atoms with van der Waals surface area (Å²) >= 11 is 0. The number of aliphatic hydroxyl groups excluding tert-OH is 7. The van der Waals surface area contributed by atoms with E-state index in [0.717, 1.165) is 103 Å². The average Bonchev–Trinajstić information content (AvgIpc) is 3.37. The summed E-state index contributed by atoms with van der Waals surface area (Å²) in [7, 11) is 0. The van der Waals surface area contributed by atoms with E-state index >= 15 is 0 Å². The van der Waals surface area contributed by atoms with Crippen LogP contribution in [0.15, 0.2) is 85.1 Å². The highest BCUT2D eigenvalue weighted by atomic mass is 16.7. The van der Waals surface area contributed by atoms with Crippen LogP contribution in [0.25, 0.3) is 0 Å². The van der Waals surface area contributed by atoms with E-state index in [4.69, 9.17) is 28.4 Å². The molecule has 2 fully saturated rings. The Morgan fingerprint density at radius 2 is 0.873 bits per heavy atom. The lowest BCUT2D eigenvalue weighted by molar-refractivity contribution is -0.332. The van der Waals surface area contributed by atoms with E-state index in [0.29, 0.717) is 13.0 Å². The van der Waals surface area contributed by atoms with Crippen LogP contribution in [0, 0.1) is 0 Å². The number of unbranched alkanes of at least 4 members (excludes halogenated alkanes) is 14. The van der Waals surface area contributed by atoms with Gasteiger partial charge >= 0.3 is 5.97 Å². The molecule has 0 aliphatic carbocycles. The summed E-state index contributed by atoms with van der Waals surface area (Å²) in [5.74, 6) is -0.399. The summed E-state index contributed by atoms with van der Waals surface area (Å²) in [6, 6.07) is 0. The SMILES string of the molecule is CC/C=C\C/C=C\C/C=C\C/C=C\CCCCCCCCCCCOCC(COC1OC(COC2OC(CO)C(O)C(O)C2O)C(O)C(O)C1O)OC(=O)CCCCCCC/C=C\C/C=C\C/C=C\CC. The number of carbonyl (C=O) groups excluding carboxylic acids is 1. The Morgan fingerprint density at radius 3 is 1.37 bits per heavy atom. The van der Waals surface area contributed by atoms with Crippen molar-refractivity contribution in [3.8, 4) is 0 Å². The van der Waals surface area contributed by atoms with Crippen LogP contribution in [-0.4, -0.2) is 142 Å². The van der Waals surface area contributed by atoms with Gasteiger partial charge in [-0.05, 0) is 83.5 Å². The van der Waals surface area contributed by atoms with Crippen LogP contribution in [0.3, 0.4) is 0 Å². The molecular formula is C57H96O14. The molecule has 408 valence electrons. The van der Waals surface area contributed by atoms with Crippen molar-refractivity contribution >= 4 is 5.97 Å². The molecule has 0 aromatic carbocycles. The van der Waals surface area contributed by atoms with E-state index in [9.17, 15) is 40.5 Å². The molecule has 14 nitrogen and oxygen atoms in total.